The molecule has 4 nitrogen and oxygen atoms in total. The predicted molar refractivity (Wildman–Crippen MR) is 76.5 cm³/mol. The molecule has 92 valence electrons. The Kier molecular flexibility index (Phi) is 4.55. The van der Waals surface area contributed by atoms with Crippen LogP contribution >= 0.6 is 23.4 Å². The number of hydrogen-bond acceptors (Lipinski definition) is 5. The number of aromatic nitrogens is 2. The van der Waals surface area contributed by atoms with Crippen LogP contribution in [0.1, 0.15) is 5.56 Å². The fraction of sp³-hybridized carbons (Fsp3) is 0.0833. The lowest BCUT2D eigenvalue weighted by molar-refractivity contribution is 0.967. The molecule has 0 saturated heterocycles. The average Bonchev–Trinajstić information content (AvgIpc) is 2.39. The van der Waals surface area contributed by atoms with E-state index >= 15 is 0 Å². The SMILES string of the molecule is CSc1nc(Cl)cc(NN=Cc2ccccc2)n1. The fourth-order valence-corrected chi connectivity index (χ4v) is 1.87. The Bertz CT molecular complexity index is 545. The van der Waals surface area contributed by atoms with Crippen LogP contribution < -0.4 is 5.43 Å². The van der Waals surface area contributed by atoms with Gasteiger partial charge in [0.05, 0.1) is 6.21 Å². The van der Waals surface area contributed by atoms with Crippen LogP contribution in [-0.2, 0) is 0 Å². The van der Waals surface area contributed by atoms with Gasteiger partial charge in [0.25, 0.3) is 0 Å². The summed E-state index contributed by atoms with van der Waals surface area (Å²) in [7, 11) is 0. The number of thioether (sulfide) groups is 1. The van der Waals surface area contributed by atoms with Gasteiger partial charge in [-0.15, -0.1) is 0 Å². The first-order valence-electron chi connectivity index (χ1n) is 5.20. The Morgan fingerprint density at radius 2 is 2.06 bits per heavy atom. The van der Waals surface area contributed by atoms with Crippen LogP contribution in [-0.4, -0.2) is 22.4 Å². The van der Waals surface area contributed by atoms with Gasteiger partial charge >= 0.3 is 0 Å². The van der Waals surface area contributed by atoms with E-state index in [-0.39, 0.29) is 0 Å². The van der Waals surface area contributed by atoms with Gasteiger partial charge in [0, 0.05) is 6.07 Å². The first kappa shape index (κ1) is 12.9. The van der Waals surface area contributed by atoms with Gasteiger partial charge in [-0.3, -0.25) is 5.43 Å². The van der Waals surface area contributed by atoms with E-state index in [9.17, 15) is 0 Å². The third-order valence-electron chi connectivity index (χ3n) is 2.05. The Balaban J connectivity index is 2.06. The monoisotopic (exact) mass is 278 g/mol. The highest BCUT2D eigenvalue weighted by Crippen LogP contribution is 2.16. The second kappa shape index (κ2) is 6.37. The van der Waals surface area contributed by atoms with Gasteiger partial charge in [-0.05, 0) is 11.8 Å². The van der Waals surface area contributed by atoms with E-state index in [0.29, 0.717) is 16.1 Å². The maximum atomic E-state index is 5.87. The van der Waals surface area contributed by atoms with Crippen LogP contribution in [0.25, 0.3) is 0 Å². The largest absolute Gasteiger partial charge is 0.261 e. The molecular weight excluding hydrogens is 268 g/mol. The van der Waals surface area contributed by atoms with Crippen molar-refractivity contribution >= 4 is 35.4 Å². The van der Waals surface area contributed by atoms with E-state index < -0.39 is 0 Å². The number of benzene rings is 1. The van der Waals surface area contributed by atoms with E-state index in [1.54, 1.807) is 12.3 Å². The van der Waals surface area contributed by atoms with Crippen LogP contribution in [0.3, 0.4) is 0 Å². The Labute approximate surface area is 114 Å². The third-order valence-corrected chi connectivity index (χ3v) is 2.79. The van der Waals surface area contributed by atoms with Gasteiger partial charge in [0.15, 0.2) is 11.0 Å². The van der Waals surface area contributed by atoms with Gasteiger partial charge in [0.2, 0.25) is 0 Å². The summed E-state index contributed by atoms with van der Waals surface area (Å²) in [6.45, 7) is 0. The maximum Gasteiger partial charge on any atom is 0.190 e. The van der Waals surface area contributed by atoms with Crippen LogP contribution in [0.5, 0.6) is 0 Å². The van der Waals surface area contributed by atoms with Crippen LogP contribution in [0, 0.1) is 0 Å². The molecule has 1 N–H and O–H groups in total. The molecule has 2 rings (SSSR count). The summed E-state index contributed by atoms with van der Waals surface area (Å²) in [4.78, 5) is 8.27. The minimum atomic E-state index is 0.395. The molecule has 0 aliphatic heterocycles. The first-order valence-corrected chi connectivity index (χ1v) is 6.81. The Morgan fingerprint density at radius 1 is 1.28 bits per heavy atom. The highest BCUT2D eigenvalue weighted by atomic mass is 35.5. The Morgan fingerprint density at radius 3 is 2.78 bits per heavy atom. The zero-order valence-corrected chi connectivity index (χ0v) is 11.2. The molecule has 0 radical (unpaired) electrons. The van der Waals surface area contributed by atoms with Crippen molar-refractivity contribution in [3.8, 4) is 0 Å². The minimum absolute atomic E-state index is 0.395. The van der Waals surface area contributed by atoms with Crippen molar-refractivity contribution < 1.29 is 0 Å². The van der Waals surface area contributed by atoms with Crippen molar-refractivity contribution in [2.24, 2.45) is 5.10 Å². The number of nitrogens with one attached hydrogen (secondary N) is 1. The van der Waals surface area contributed by atoms with E-state index in [1.807, 2.05) is 36.6 Å². The molecule has 0 spiro atoms. The van der Waals surface area contributed by atoms with Crippen molar-refractivity contribution in [3.05, 3.63) is 47.1 Å². The number of rotatable bonds is 4. The summed E-state index contributed by atoms with van der Waals surface area (Å²) in [5.74, 6) is 0.575. The molecule has 1 aromatic heterocycles. The van der Waals surface area contributed by atoms with E-state index in [2.05, 4.69) is 20.5 Å². The smallest absolute Gasteiger partial charge is 0.190 e. The minimum Gasteiger partial charge on any atom is -0.261 e. The number of halogens is 1. The molecule has 18 heavy (non-hydrogen) atoms. The predicted octanol–water partition coefficient (Wildman–Crippen LogP) is 3.30. The number of hydrazone groups is 1. The number of nitrogens with zero attached hydrogens (tertiary/aromatic N) is 3. The molecule has 2 aromatic rings. The van der Waals surface area contributed by atoms with E-state index in [1.165, 1.54) is 11.8 Å². The molecule has 0 amide bonds. The molecule has 0 saturated carbocycles. The van der Waals surface area contributed by atoms with Crippen LogP contribution in [0.4, 0.5) is 5.82 Å². The summed E-state index contributed by atoms with van der Waals surface area (Å²) in [6.07, 6.45) is 3.61. The number of hydrogen-bond donors (Lipinski definition) is 1. The highest BCUT2D eigenvalue weighted by molar-refractivity contribution is 7.98. The van der Waals surface area contributed by atoms with E-state index in [0.717, 1.165) is 5.56 Å². The summed E-state index contributed by atoms with van der Waals surface area (Å²) in [5.41, 5.74) is 3.84. The van der Waals surface area contributed by atoms with Gasteiger partial charge in [0.1, 0.15) is 5.15 Å². The highest BCUT2D eigenvalue weighted by Gasteiger charge is 2.00. The zero-order valence-electron chi connectivity index (χ0n) is 9.67. The molecule has 0 atom stereocenters. The molecule has 0 unspecified atom stereocenters. The lowest BCUT2D eigenvalue weighted by atomic mass is 10.2. The summed E-state index contributed by atoms with van der Waals surface area (Å²) in [6, 6.07) is 11.4. The molecular formula is C12H11ClN4S. The van der Waals surface area contributed by atoms with Gasteiger partial charge in [-0.25, -0.2) is 9.97 Å². The van der Waals surface area contributed by atoms with Crippen LogP contribution in [0.15, 0.2) is 46.7 Å². The van der Waals surface area contributed by atoms with Crippen molar-refractivity contribution in [1.82, 2.24) is 9.97 Å². The lowest BCUT2D eigenvalue weighted by Gasteiger charge is -2.01. The zero-order chi connectivity index (χ0) is 12.8. The molecule has 0 bridgehead atoms. The first-order chi connectivity index (χ1) is 8.78. The number of anilines is 1. The van der Waals surface area contributed by atoms with Gasteiger partial charge < -0.3 is 0 Å². The quantitative estimate of drug-likeness (QED) is 0.306. The van der Waals surface area contributed by atoms with Crippen LogP contribution in [0.2, 0.25) is 5.15 Å². The second-order valence-electron chi connectivity index (χ2n) is 3.34. The molecule has 0 aliphatic carbocycles. The third kappa shape index (κ3) is 3.72. The molecule has 0 aliphatic rings. The summed E-state index contributed by atoms with van der Waals surface area (Å²) >= 11 is 7.30. The lowest BCUT2D eigenvalue weighted by Crippen LogP contribution is -1.96. The van der Waals surface area contributed by atoms with Crippen molar-refractivity contribution in [1.29, 1.82) is 0 Å². The normalized spacial score (nSPS) is 10.8. The van der Waals surface area contributed by atoms with Crippen molar-refractivity contribution in [3.63, 3.8) is 0 Å². The maximum absolute atomic E-state index is 5.87. The average molecular weight is 279 g/mol. The molecule has 1 heterocycles. The van der Waals surface area contributed by atoms with E-state index in [4.69, 9.17) is 11.6 Å². The molecule has 0 fully saturated rings. The van der Waals surface area contributed by atoms with Crippen molar-refractivity contribution in [2.75, 3.05) is 11.7 Å². The molecule has 1 aromatic carbocycles. The molecule has 6 heteroatoms. The Hall–Kier alpha value is -1.59. The fourth-order valence-electron chi connectivity index (χ4n) is 1.26. The summed E-state index contributed by atoms with van der Waals surface area (Å²) < 4.78 is 0. The summed E-state index contributed by atoms with van der Waals surface area (Å²) in [5, 5.41) is 5.10. The van der Waals surface area contributed by atoms with Crippen molar-refractivity contribution in [2.45, 2.75) is 5.16 Å². The van der Waals surface area contributed by atoms with Gasteiger partial charge in [-0.2, -0.15) is 5.10 Å². The topological polar surface area (TPSA) is 50.2 Å². The van der Waals surface area contributed by atoms with Gasteiger partial charge in [-0.1, -0.05) is 53.7 Å². The standard InChI is InChI=1S/C12H11ClN4S/c1-18-12-15-10(13)7-11(16-12)17-14-8-9-5-3-2-4-6-9/h2-8H,1H3,(H,15,16,17). The second-order valence-corrected chi connectivity index (χ2v) is 4.50.